The van der Waals surface area contributed by atoms with Gasteiger partial charge < -0.3 is 50.6 Å². The molecule has 0 saturated carbocycles. The second-order valence-corrected chi connectivity index (χ2v) is 6.90. The highest BCUT2D eigenvalue weighted by Gasteiger charge is 2.17. The van der Waals surface area contributed by atoms with E-state index in [4.69, 9.17) is 10.2 Å². The normalized spacial score (nSPS) is 10.1. The highest BCUT2D eigenvalue weighted by molar-refractivity contribution is 5.84. The third kappa shape index (κ3) is 10.1. The van der Waals surface area contributed by atoms with Crippen molar-refractivity contribution in [3.8, 4) is 0 Å². The van der Waals surface area contributed by atoms with E-state index < -0.39 is 39.3 Å². The SMILES string of the molecule is COC(=O)/C=C/n1ccnc1[N+](=O)[O-].Cc1ncc([N+](=O)[O-])n1CCO.O=C(Cn1ccnc1[N+](=O)[O-])NCO. The number of nitrogens with zero attached hydrogens (tertiary/aromatic N) is 9. The number of hydrogen-bond donors (Lipinski definition) is 3. The summed E-state index contributed by atoms with van der Waals surface area (Å²) in [6.45, 7) is 1.00. The summed E-state index contributed by atoms with van der Waals surface area (Å²) in [6.07, 6.45) is 8.62. The van der Waals surface area contributed by atoms with E-state index in [0.717, 1.165) is 15.2 Å². The fraction of sp³-hybridized carbons (Fsp3) is 0.316. The Morgan fingerprint density at radius 2 is 1.65 bits per heavy atom. The van der Waals surface area contributed by atoms with Gasteiger partial charge in [-0.15, -0.1) is 0 Å². The van der Waals surface area contributed by atoms with Crippen LogP contribution in [0.3, 0.4) is 0 Å². The van der Waals surface area contributed by atoms with Crippen molar-refractivity contribution >= 4 is 35.8 Å². The first-order valence-electron chi connectivity index (χ1n) is 10.7. The standard InChI is InChI=1S/C7H7N3O4.C6H8N4O4.C6H9N3O3/c1-14-6(11)2-4-9-5-3-8-7(9)10(12)13;11-4-8-5(12)3-9-2-1-7-6(9)10(13)14;1-5-7-4-6(9(11)12)8(5)2-3-10/h2-5H,1H3;1-2,11H,3-4H2,(H,8,12);4,10H,2-3H2,1H3/b4-2+;;. The van der Waals surface area contributed by atoms with Crippen molar-refractivity contribution in [3.05, 3.63) is 73.2 Å². The molecule has 0 aromatic carbocycles. The van der Waals surface area contributed by atoms with Gasteiger partial charge in [0.2, 0.25) is 0 Å². The number of ether oxygens (including phenoxy) is 1. The van der Waals surface area contributed by atoms with Crippen LogP contribution in [0.1, 0.15) is 5.82 Å². The van der Waals surface area contributed by atoms with Crippen LogP contribution in [-0.2, 0) is 27.4 Å². The van der Waals surface area contributed by atoms with Crippen molar-refractivity contribution in [2.75, 3.05) is 20.4 Å². The number of nitrogens with one attached hydrogen (secondary N) is 1. The molecule has 0 spiro atoms. The number of aromatic nitrogens is 6. The number of carbonyl (C=O) groups excluding carboxylic acids is 2. The molecular formula is C19H24N10O11. The number of aryl methyl sites for hydroxylation is 1. The van der Waals surface area contributed by atoms with Crippen molar-refractivity contribution in [1.82, 2.24) is 34.0 Å². The zero-order valence-corrected chi connectivity index (χ0v) is 21.0. The van der Waals surface area contributed by atoms with Crippen molar-refractivity contribution < 1.29 is 39.3 Å². The molecule has 0 bridgehead atoms. The van der Waals surface area contributed by atoms with E-state index in [0.29, 0.717) is 5.82 Å². The first-order valence-corrected chi connectivity index (χ1v) is 10.7. The first-order chi connectivity index (χ1) is 19.0. The van der Waals surface area contributed by atoms with Crippen LogP contribution in [-0.4, -0.2) is 86.0 Å². The van der Waals surface area contributed by atoms with Crippen molar-refractivity contribution in [2.24, 2.45) is 0 Å². The molecule has 216 valence electrons. The largest absolute Gasteiger partial charge is 0.466 e. The van der Waals surface area contributed by atoms with E-state index in [2.05, 4.69) is 25.0 Å². The van der Waals surface area contributed by atoms with Crippen LogP contribution in [0.5, 0.6) is 0 Å². The van der Waals surface area contributed by atoms with Gasteiger partial charge in [-0.2, -0.15) is 0 Å². The first kappa shape index (κ1) is 32.5. The molecule has 40 heavy (non-hydrogen) atoms. The number of aliphatic hydroxyl groups excluding tert-OH is 2. The topological polar surface area (TPSA) is 279 Å². The fourth-order valence-corrected chi connectivity index (χ4v) is 2.65. The van der Waals surface area contributed by atoms with E-state index >= 15 is 0 Å². The van der Waals surface area contributed by atoms with Gasteiger partial charge in [0.15, 0.2) is 12.4 Å². The third-order valence-electron chi connectivity index (χ3n) is 4.38. The molecule has 0 fully saturated rings. The van der Waals surface area contributed by atoms with Crippen LogP contribution in [0.15, 0.2) is 37.1 Å². The minimum atomic E-state index is -0.688. The van der Waals surface area contributed by atoms with E-state index in [9.17, 15) is 39.9 Å². The highest BCUT2D eigenvalue weighted by Crippen LogP contribution is 2.12. The van der Waals surface area contributed by atoms with Gasteiger partial charge in [0.25, 0.3) is 5.91 Å². The number of hydrogen-bond acceptors (Lipinski definition) is 14. The lowest BCUT2D eigenvalue weighted by atomic mass is 10.6. The Kier molecular flexibility index (Phi) is 13.2. The Morgan fingerprint density at radius 1 is 1.02 bits per heavy atom. The summed E-state index contributed by atoms with van der Waals surface area (Å²) in [7, 11) is 1.22. The summed E-state index contributed by atoms with van der Waals surface area (Å²) in [5.74, 6) is -1.41. The molecule has 3 rings (SSSR count). The lowest BCUT2D eigenvalue weighted by Gasteiger charge is -2.01. The summed E-state index contributed by atoms with van der Waals surface area (Å²) in [4.78, 5) is 61.6. The summed E-state index contributed by atoms with van der Waals surface area (Å²) in [6, 6.07) is 0. The minimum Gasteiger partial charge on any atom is -0.466 e. The van der Waals surface area contributed by atoms with Crippen molar-refractivity contribution in [3.63, 3.8) is 0 Å². The van der Waals surface area contributed by atoms with Crippen molar-refractivity contribution in [2.45, 2.75) is 20.0 Å². The summed E-state index contributed by atoms with van der Waals surface area (Å²) >= 11 is 0. The predicted octanol–water partition coefficient (Wildman–Crippen LogP) is -0.616. The quantitative estimate of drug-likeness (QED) is 0.0904. The smallest absolute Gasteiger partial charge is 0.439 e. The van der Waals surface area contributed by atoms with Crippen LogP contribution >= 0.6 is 0 Å². The minimum absolute atomic E-state index is 0.0819. The lowest BCUT2D eigenvalue weighted by Crippen LogP contribution is -2.28. The number of nitro groups is 3. The van der Waals surface area contributed by atoms with Crippen LogP contribution in [0, 0.1) is 37.3 Å². The maximum atomic E-state index is 10.9. The predicted molar refractivity (Wildman–Crippen MR) is 131 cm³/mol. The molecular weight excluding hydrogens is 544 g/mol. The monoisotopic (exact) mass is 568 g/mol. The molecule has 21 nitrogen and oxygen atoms in total. The van der Waals surface area contributed by atoms with Crippen LogP contribution < -0.4 is 5.32 Å². The maximum absolute atomic E-state index is 10.9. The van der Waals surface area contributed by atoms with Crippen molar-refractivity contribution in [1.29, 1.82) is 0 Å². The van der Waals surface area contributed by atoms with Gasteiger partial charge in [-0.3, -0.25) is 4.79 Å². The average molecular weight is 568 g/mol. The fourth-order valence-electron chi connectivity index (χ4n) is 2.65. The Labute approximate surface area is 223 Å². The number of carbonyl (C=O) groups is 2. The molecule has 0 aliphatic rings. The van der Waals surface area contributed by atoms with Gasteiger partial charge in [-0.05, 0) is 14.8 Å². The second kappa shape index (κ2) is 16.3. The molecule has 3 N–H and O–H groups in total. The van der Waals surface area contributed by atoms with Crippen LogP contribution in [0.2, 0.25) is 0 Å². The van der Waals surface area contributed by atoms with Gasteiger partial charge in [-0.1, -0.05) is 9.97 Å². The van der Waals surface area contributed by atoms with Gasteiger partial charge in [0, 0.05) is 6.92 Å². The molecule has 0 aliphatic carbocycles. The molecule has 0 unspecified atom stereocenters. The molecule has 3 aromatic heterocycles. The Morgan fingerprint density at radius 3 is 2.20 bits per heavy atom. The molecule has 0 aliphatic heterocycles. The van der Waals surface area contributed by atoms with Gasteiger partial charge in [0.05, 0.1) is 26.0 Å². The number of esters is 1. The van der Waals surface area contributed by atoms with Gasteiger partial charge >= 0.3 is 23.7 Å². The zero-order chi connectivity index (χ0) is 30.2. The van der Waals surface area contributed by atoms with E-state index in [1.807, 2.05) is 0 Å². The third-order valence-corrected chi connectivity index (χ3v) is 4.38. The zero-order valence-electron chi connectivity index (χ0n) is 21.0. The number of imidazole rings is 3. The van der Waals surface area contributed by atoms with E-state index in [-0.39, 0.29) is 31.5 Å². The van der Waals surface area contributed by atoms with Crippen LogP contribution in [0.25, 0.3) is 6.20 Å². The Balaban J connectivity index is 0.000000301. The molecule has 0 saturated heterocycles. The molecule has 1 amide bonds. The summed E-state index contributed by atoms with van der Waals surface area (Å²) in [5.41, 5.74) is 0. The van der Waals surface area contributed by atoms with Gasteiger partial charge in [0.1, 0.15) is 44.3 Å². The Bertz CT molecular complexity index is 1340. The number of aliphatic hydroxyl groups is 2. The van der Waals surface area contributed by atoms with Crippen LogP contribution in [0.4, 0.5) is 17.7 Å². The lowest BCUT2D eigenvalue weighted by molar-refractivity contribution is -0.396. The molecule has 3 aromatic rings. The molecule has 3 heterocycles. The number of amides is 1. The maximum Gasteiger partial charge on any atom is 0.439 e. The summed E-state index contributed by atoms with van der Waals surface area (Å²) < 4.78 is 7.86. The number of methoxy groups -OCH3 is 1. The Hall–Kier alpha value is -5.57. The van der Waals surface area contributed by atoms with Gasteiger partial charge in [-0.25, -0.2) is 23.5 Å². The molecule has 21 heteroatoms. The summed E-state index contributed by atoms with van der Waals surface area (Å²) in [5, 5.41) is 50.2. The average Bonchev–Trinajstić information content (AvgIpc) is 3.64. The molecule has 0 radical (unpaired) electrons. The second-order valence-electron chi connectivity index (χ2n) is 6.90. The van der Waals surface area contributed by atoms with E-state index in [1.165, 1.54) is 48.9 Å². The highest BCUT2D eigenvalue weighted by atomic mass is 16.6. The molecule has 0 atom stereocenters. The van der Waals surface area contributed by atoms with E-state index in [1.54, 1.807) is 6.92 Å². The number of rotatable bonds is 10.